The van der Waals surface area contributed by atoms with Gasteiger partial charge < -0.3 is 10.0 Å². The molecule has 3 nitrogen and oxygen atoms in total. The van der Waals surface area contributed by atoms with Gasteiger partial charge in [-0.2, -0.15) is 0 Å². The van der Waals surface area contributed by atoms with Crippen LogP contribution in [-0.4, -0.2) is 34.1 Å². The van der Waals surface area contributed by atoms with Crippen LogP contribution in [-0.2, 0) is 5.60 Å². The molecular weight excluding hydrogens is 248 g/mol. The highest BCUT2D eigenvalue weighted by atomic mass is 35.5. The lowest BCUT2D eigenvalue weighted by molar-refractivity contribution is 0.00883. The van der Waals surface area contributed by atoms with E-state index < -0.39 is 5.60 Å². The van der Waals surface area contributed by atoms with Gasteiger partial charge >= 0.3 is 0 Å². The fourth-order valence-electron chi connectivity index (χ4n) is 3.49. The van der Waals surface area contributed by atoms with E-state index in [0.29, 0.717) is 17.2 Å². The summed E-state index contributed by atoms with van der Waals surface area (Å²) in [6.45, 7) is 0. The molecule has 1 aromatic heterocycles. The number of aromatic nitrogens is 1. The molecule has 2 fully saturated rings. The zero-order valence-corrected chi connectivity index (χ0v) is 11.4. The number of aliphatic hydroxyl groups is 1. The summed E-state index contributed by atoms with van der Waals surface area (Å²) in [6, 6.07) is 4.82. The number of pyridine rings is 1. The van der Waals surface area contributed by atoms with Gasteiger partial charge in [0.2, 0.25) is 0 Å². The van der Waals surface area contributed by atoms with Crippen molar-refractivity contribution in [3.8, 4) is 0 Å². The first-order valence-electron chi connectivity index (χ1n) is 6.65. The predicted octanol–water partition coefficient (Wildman–Crippen LogP) is 2.57. The minimum Gasteiger partial charge on any atom is -0.385 e. The summed E-state index contributed by atoms with van der Waals surface area (Å²) in [4.78, 5) is 6.55. The summed E-state index contributed by atoms with van der Waals surface area (Å²) in [5, 5.41) is 11.4. The summed E-state index contributed by atoms with van der Waals surface area (Å²) >= 11 is 5.81. The van der Waals surface area contributed by atoms with Crippen molar-refractivity contribution in [1.82, 2.24) is 9.88 Å². The number of halogens is 1. The van der Waals surface area contributed by atoms with Crippen LogP contribution in [0.1, 0.15) is 37.7 Å². The third kappa shape index (κ3) is 2.04. The fraction of sp³-hybridized carbons (Fsp3) is 0.643. The van der Waals surface area contributed by atoms with Crippen molar-refractivity contribution in [3.63, 3.8) is 0 Å². The summed E-state index contributed by atoms with van der Waals surface area (Å²) in [5.74, 6) is 0. The van der Waals surface area contributed by atoms with Gasteiger partial charge in [0, 0.05) is 23.8 Å². The lowest BCUT2D eigenvalue weighted by Crippen LogP contribution is -2.34. The van der Waals surface area contributed by atoms with E-state index in [0.717, 1.165) is 24.8 Å². The largest absolute Gasteiger partial charge is 0.385 e. The molecule has 2 bridgehead atoms. The number of rotatable bonds is 1. The van der Waals surface area contributed by atoms with Crippen LogP contribution in [0.3, 0.4) is 0 Å². The van der Waals surface area contributed by atoms with E-state index in [-0.39, 0.29) is 0 Å². The van der Waals surface area contributed by atoms with Crippen molar-refractivity contribution in [2.45, 2.75) is 49.8 Å². The van der Waals surface area contributed by atoms with Crippen molar-refractivity contribution < 1.29 is 5.11 Å². The molecule has 0 amide bonds. The second kappa shape index (κ2) is 4.48. The molecule has 18 heavy (non-hydrogen) atoms. The van der Waals surface area contributed by atoms with Gasteiger partial charge in [-0.3, -0.25) is 0 Å². The van der Waals surface area contributed by atoms with E-state index in [4.69, 9.17) is 11.6 Å². The van der Waals surface area contributed by atoms with Crippen LogP contribution in [0, 0.1) is 0 Å². The summed E-state index contributed by atoms with van der Waals surface area (Å²) in [6.07, 6.45) is 6.89. The second-order valence-electron chi connectivity index (χ2n) is 5.69. The van der Waals surface area contributed by atoms with Gasteiger partial charge in [0.25, 0.3) is 0 Å². The Morgan fingerprint density at radius 1 is 1.33 bits per heavy atom. The zero-order valence-electron chi connectivity index (χ0n) is 10.6. The minimum atomic E-state index is -0.730. The predicted molar refractivity (Wildman–Crippen MR) is 71.6 cm³/mol. The standard InChI is InChI=1S/C14H19ClN2O/c1-17-11-3-4-12(17)8-14(18,7-6-11)10-2-5-13(15)16-9-10/h2,5,9,11-12,18H,3-4,6-8H2,1H3. The first-order chi connectivity index (χ1) is 8.58. The van der Waals surface area contributed by atoms with Gasteiger partial charge in [-0.15, -0.1) is 0 Å². The van der Waals surface area contributed by atoms with Gasteiger partial charge in [-0.25, -0.2) is 4.98 Å². The summed E-state index contributed by atoms with van der Waals surface area (Å²) in [5.41, 5.74) is 0.180. The third-order valence-corrected chi connectivity index (χ3v) is 4.94. The lowest BCUT2D eigenvalue weighted by Gasteiger charge is -2.30. The SMILES string of the molecule is CN1C2CCC1CC(O)(c1ccc(Cl)nc1)CC2. The van der Waals surface area contributed by atoms with Gasteiger partial charge in [-0.1, -0.05) is 17.7 Å². The van der Waals surface area contributed by atoms with E-state index in [9.17, 15) is 5.11 Å². The zero-order chi connectivity index (χ0) is 12.8. The highest BCUT2D eigenvalue weighted by molar-refractivity contribution is 6.29. The van der Waals surface area contributed by atoms with E-state index in [1.54, 1.807) is 12.3 Å². The van der Waals surface area contributed by atoms with Crippen molar-refractivity contribution in [2.24, 2.45) is 0 Å². The monoisotopic (exact) mass is 266 g/mol. The topological polar surface area (TPSA) is 36.4 Å². The van der Waals surface area contributed by atoms with Crippen molar-refractivity contribution in [3.05, 3.63) is 29.0 Å². The normalized spacial score (nSPS) is 36.6. The summed E-state index contributed by atoms with van der Waals surface area (Å²) < 4.78 is 0. The molecular formula is C14H19ClN2O. The maximum absolute atomic E-state index is 10.9. The summed E-state index contributed by atoms with van der Waals surface area (Å²) in [7, 11) is 2.19. The van der Waals surface area contributed by atoms with Crippen LogP contribution >= 0.6 is 11.6 Å². The maximum Gasteiger partial charge on any atom is 0.129 e. The molecule has 3 atom stereocenters. The third-order valence-electron chi connectivity index (χ3n) is 4.71. The molecule has 2 aliphatic heterocycles. The Labute approximate surface area is 113 Å². The van der Waals surface area contributed by atoms with Crippen molar-refractivity contribution in [1.29, 1.82) is 0 Å². The Kier molecular flexibility index (Phi) is 3.08. The van der Waals surface area contributed by atoms with Crippen molar-refractivity contribution in [2.75, 3.05) is 7.05 Å². The molecule has 2 aliphatic rings. The quantitative estimate of drug-likeness (QED) is 0.794. The van der Waals surface area contributed by atoms with E-state index >= 15 is 0 Å². The molecule has 3 rings (SSSR count). The van der Waals surface area contributed by atoms with E-state index in [1.807, 2.05) is 6.07 Å². The number of fused-ring (bicyclic) bond motifs is 2. The molecule has 98 valence electrons. The highest BCUT2D eigenvalue weighted by Gasteiger charge is 2.42. The average Bonchev–Trinajstić information content (AvgIpc) is 2.61. The Morgan fingerprint density at radius 2 is 2.11 bits per heavy atom. The van der Waals surface area contributed by atoms with Gasteiger partial charge in [0.15, 0.2) is 0 Å². The Balaban J connectivity index is 1.88. The first-order valence-corrected chi connectivity index (χ1v) is 7.03. The van der Waals surface area contributed by atoms with Crippen LogP contribution in [0.5, 0.6) is 0 Å². The highest BCUT2D eigenvalue weighted by Crippen LogP contribution is 2.42. The average molecular weight is 267 g/mol. The van der Waals surface area contributed by atoms with Gasteiger partial charge in [-0.05, 0) is 45.2 Å². The maximum atomic E-state index is 10.9. The molecule has 0 aliphatic carbocycles. The number of hydrogen-bond acceptors (Lipinski definition) is 3. The molecule has 3 heterocycles. The number of hydrogen-bond donors (Lipinski definition) is 1. The molecule has 2 saturated heterocycles. The molecule has 0 spiro atoms. The van der Waals surface area contributed by atoms with Crippen LogP contribution in [0.4, 0.5) is 0 Å². The molecule has 1 N–H and O–H groups in total. The van der Waals surface area contributed by atoms with Crippen molar-refractivity contribution >= 4 is 11.6 Å². The molecule has 0 radical (unpaired) electrons. The molecule has 4 heteroatoms. The Morgan fingerprint density at radius 3 is 2.83 bits per heavy atom. The van der Waals surface area contributed by atoms with Crippen LogP contribution in [0.2, 0.25) is 5.15 Å². The van der Waals surface area contributed by atoms with E-state index in [1.165, 1.54) is 12.8 Å². The Hall–Kier alpha value is -0.640. The minimum absolute atomic E-state index is 0.481. The molecule has 3 unspecified atom stereocenters. The van der Waals surface area contributed by atoms with Gasteiger partial charge in [0.1, 0.15) is 5.15 Å². The van der Waals surface area contributed by atoms with E-state index in [2.05, 4.69) is 16.9 Å². The fourth-order valence-corrected chi connectivity index (χ4v) is 3.61. The van der Waals surface area contributed by atoms with Crippen LogP contribution < -0.4 is 0 Å². The first kappa shape index (κ1) is 12.4. The molecule has 0 aromatic carbocycles. The Bertz CT molecular complexity index is 436. The lowest BCUT2D eigenvalue weighted by atomic mass is 9.82. The van der Waals surface area contributed by atoms with Gasteiger partial charge in [0.05, 0.1) is 5.60 Å². The smallest absolute Gasteiger partial charge is 0.129 e. The molecule has 0 saturated carbocycles. The van der Waals surface area contributed by atoms with Crippen LogP contribution in [0.25, 0.3) is 0 Å². The number of nitrogens with zero attached hydrogens (tertiary/aromatic N) is 2. The molecule has 1 aromatic rings. The second-order valence-corrected chi connectivity index (χ2v) is 6.08. The van der Waals surface area contributed by atoms with Crippen LogP contribution in [0.15, 0.2) is 18.3 Å².